The Bertz CT molecular complexity index is 1000. The molecule has 0 bridgehead atoms. The van der Waals surface area contributed by atoms with Gasteiger partial charge in [0.1, 0.15) is 18.0 Å². The molecular formula is C17H22N6O2. The third kappa shape index (κ3) is 3.19. The van der Waals surface area contributed by atoms with Gasteiger partial charge in [-0.2, -0.15) is 10.2 Å². The molecule has 0 aliphatic rings. The van der Waals surface area contributed by atoms with E-state index in [1.54, 1.807) is 27.2 Å². The molecule has 3 aromatic rings. The van der Waals surface area contributed by atoms with Crippen LogP contribution in [0.1, 0.15) is 26.5 Å². The number of rotatable bonds is 3. The third-order valence-corrected chi connectivity index (χ3v) is 3.90. The predicted molar refractivity (Wildman–Crippen MR) is 95.6 cm³/mol. The Morgan fingerprint density at radius 1 is 1.32 bits per heavy atom. The van der Waals surface area contributed by atoms with Crippen LogP contribution in [0.2, 0.25) is 0 Å². The summed E-state index contributed by atoms with van der Waals surface area (Å²) in [7, 11) is 1.74. The highest BCUT2D eigenvalue weighted by atomic mass is 16.2. The standard InChI is InChI=1S/C17H22N6O2/c1-11-8-14(23(20-11)17(2,3)4)19-15(25)10-22-7-6-13(24)12-9-18-21(5)16(12)22/h6-9H,10H2,1-5H3,(H,19,25). The van der Waals surface area contributed by atoms with Crippen LogP contribution in [0.4, 0.5) is 5.82 Å². The molecule has 3 heterocycles. The van der Waals surface area contributed by atoms with Gasteiger partial charge < -0.3 is 9.88 Å². The molecule has 0 spiro atoms. The van der Waals surface area contributed by atoms with Crippen LogP contribution in [0.5, 0.6) is 0 Å². The van der Waals surface area contributed by atoms with Crippen molar-refractivity contribution in [3.63, 3.8) is 0 Å². The maximum atomic E-state index is 12.6. The van der Waals surface area contributed by atoms with Gasteiger partial charge in [0.2, 0.25) is 5.91 Å². The number of nitrogens with zero attached hydrogens (tertiary/aromatic N) is 5. The number of aromatic nitrogens is 5. The Balaban J connectivity index is 1.89. The molecule has 0 fully saturated rings. The predicted octanol–water partition coefficient (Wildman–Crippen LogP) is 1.63. The largest absolute Gasteiger partial charge is 0.323 e. The summed E-state index contributed by atoms with van der Waals surface area (Å²) in [4.78, 5) is 24.5. The molecule has 1 N–H and O–H groups in total. The van der Waals surface area contributed by atoms with Crippen molar-refractivity contribution in [2.75, 3.05) is 5.32 Å². The van der Waals surface area contributed by atoms with Crippen molar-refractivity contribution in [2.45, 2.75) is 39.8 Å². The van der Waals surface area contributed by atoms with Crippen molar-refractivity contribution in [1.29, 1.82) is 0 Å². The molecule has 0 aliphatic heterocycles. The van der Waals surface area contributed by atoms with E-state index in [-0.39, 0.29) is 23.4 Å². The van der Waals surface area contributed by atoms with Gasteiger partial charge in [-0.25, -0.2) is 4.68 Å². The second-order valence-corrected chi connectivity index (χ2v) is 7.12. The lowest BCUT2D eigenvalue weighted by molar-refractivity contribution is -0.116. The van der Waals surface area contributed by atoms with Crippen LogP contribution >= 0.6 is 0 Å². The van der Waals surface area contributed by atoms with Gasteiger partial charge in [0.15, 0.2) is 5.43 Å². The number of aryl methyl sites for hydroxylation is 2. The number of carbonyl (C=O) groups is 1. The second kappa shape index (κ2) is 5.87. The van der Waals surface area contributed by atoms with Gasteiger partial charge in [0.25, 0.3) is 0 Å². The number of pyridine rings is 1. The minimum atomic E-state index is -0.247. The van der Waals surface area contributed by atoms with E-state index in [0.29, 0.717) is 16.9 Å². The number of hydrogen-bond acceptors (Lipinski definition) is 4. The zero-order valence-electron chi connectivity index (χ0n) is 15.1. The molecule has 3 aromatic heterocycles. The number of hydrogen-bond donors (Lipinski definition) is 1. The minimum absolute atomic E-state index is 0.0741. The molecule has 0 aromatic carbocycles. The Morgan fingerprint density at radius 2 is 2.04 bits per heavy atom. The van der Waals surface area contributed by atoms with E-state index in [0.717, 1.165) is 5.69 Å². The van der Waals surface area contributed by atoms with Gasteiger partial charge in [-0.1, -0.05) is 0 Å². The molecule has 1 amide bonds. The van der Waals surface area contributed by atoms with Crippen LogP contribution in [0.25, 0.3) is 11.0 Å². The van der Waals surface area contributed by atoms with E-state index in [2.05, 4.69) is 15.5 Å². The molecule has 8 nitrogen and oxygen atoms in total. The van der Waals surface area contributed by atoms with Crippen molar-refractivity contribution < 1.29 is 4.79 Å². The van der Waals surface area contributed by atoms with Gasteiger partial charge in [0, 0.05) is 25.4 Å². The lowest BCUT2D eigenvalue weighted by atomic mass is 10.1. The zero-order chi connectivity index (χ0) is 18.4. The summed E-state index contributed by atoms with van der Waals surface area (Å²) >= 11 is 0. The van der Waals surface area contributed by atoms with Crippen LogP contribution in [0.3, 0.4) is 0 Å². The van der Waals surface area contributed by atoms with Crippen LogP contribution in [-0.4, -0.2) is 30.0 Å². The summed E-state index contributed by atoms with van der Waals surface area (Å²) in [6, 6.07) is 3.29. The number of anilines is 1. The molecule has 25 heavy (non-hydrogen) atoms. The molecule has 0 radical (unpaired) electrons. The number of fused-ring (bicyclic) bond motifs is 1. The lowest BCUT2D eigenvalue weighted by Crippen LogP contribution is -2.28. The summed E-state index contributed by atoms with van der Waals surface area (Å²) < 4.78 is 5.10. The van der Waals surface area contributed by atoms with Crippen LogP contribution in [0.15, 0.2) is 29.3 Å². The molecule has 0 unspecified atom stereocenters. The summed E-state index contributed by atoms with van der Waals surface area (Å²) in [6.07, 6.45) is 3.13. The first kappa shape index (κ1) is 16.9. The first-order valence-corrected chi connectivity index (χ1v) is 8.05. The van der Waals surface area contributed by atoms with E-state index in [4.69, 9.17) is 0 Å². The number of carbonyl (C=O) groups excluding carboxylic acids is 1. The Hall–Kier alpha value is -2.90. The molecule has 8 heteroatoms. The summed E-state index contributed by atoms with van der Waals surface area (Å²) in [5.74, 6) is 0.453. The van der Waals surface area contributed by atoms with E-state index in [9.17, 15) is 9.59 Å². The van der Waals surface area contributed by atoms with Crippen molar-refractivity contribution in [2.24, 2.45) is 7.05 Å². The quantitative estimate of drug-likeness (QED) is 0.784. The lowest BCUT2D eigenvalue weighted by Gasteiger charge is -2.22. The smallest absolute Gasteiger partial charge is 0.245 e. The van der Waals surface area contributed by atoms with Crippen molar-refractivity contribution in [3.05, 3.63) is 40.4 Å². The van der Waals surface area contributed by atoms with Crippen molar-refractivity contribution in [3.8, 4) is 0 Å². The first-order valence-electron chi connectivity index (χ1n) is 8.05. The SMILES string of the molecule is Cc1cc(NC(=O)Cn2ccc(=O)c3cnn(C)c32)n(C(C)(C)C)n1. The normalized spacial score (nSPS) is 11.9. The molecule has 3 rings (SSSR count). The molecule has 0 saturated heterocycles. The minimum Gasteiger partial charge on any atom is -0.323 e. The van der Waals surface area contributed by atoms with Crippen LogP contribution in [0, 0.1) is 6.92 Å². The number of nitrogens with one attached hydrogen (secondary N) is 1. The molecular weight excluding hydrogens is 320 g/mol. The fourth-order valence-electron chi connectivity index (χ4n) is 2.83. The van der Waals surface area contributed by atoms with Crippen molar-refractivity contribution in [1.82, 2.24) is 24.1 Å². The highest BCUT2D eigenvalue weighted by Gasteiger charge is 2.20. The zero-order valence-corrected chi connectivity index (χ0v) is 15.1. The topological polar surface area (TPSA) is 86.7 Å². The molecule has 132 valence electrons. The Kier molecular flexibility index (Phi) is 3.98. The van der Waals surface area contributed by atoms with Gasteiger partial charge in [-0.05, 0) is 27.7 Å². The first-order chi connectivity index (χ1) is 11.7. The van der Waals surface area contributed by atoms with Gasteiger partial charge >= 0.3 is 0 Å². The van der Waals surface area contributed by atoms with Crippen molar-refractivity contribution >= 4 is 22.8 Å². The molecule has 0 atom stereocenters. The average molecular weight is 342 g/mol. The summed E-state index contributed by atoms with van der Waals surface area (Å²) in [5, 5.41) is 12.0. The van der Waals surface area contributed by atoms with E-state index < -0.39 is 0 Å². The fraction of sp³-hybridized carbons (Fsp3) is 0.412. The van der Waals surface area contributed by atoms with E-state index >= 15 is 0 Å². The van der Waals surface area contributed by atoms with Crippen LogP contribution in [-0.2, 0) is 23.9 Å². The van der Waals surface area contributed by atoms with E-state index in [1.165, 1.54) is 12.3 Å². The molecule has 0 aliphatic carbocycles. The Labute approximate surface area is 145 Å². The second-order valence-electron chi connectivity index (χ2n) is 7.12. The maximum Gasteiger partial charge on any atom is 0.245 e. The Morgan fingerprint density at radius 3 is 2.72 bits per heavy atom. The maximum absolute atomic E-state index is 12.6. The van der Waals surface area contributed by atoms with Crippen LogP contribution < -0.4 is 10.7 Å². The third-order valence-electron chi connectivity index (χ3n) is 3.90. The van der Waals surface area contributed by atoms with Gasteiger partial charge in [-0.15, -0.1) is 0 Å². The number of amides is 1. The van der Waals surface area contributed by atoms with Gasteiger partial charge in [-0.3, -0.25) is 14.3 Å². The molecule has 0 saturated carbocycles. The summed E-state index contributed by atoms with van der Waals surface area (Å²) in [5.41, 5.74) is 1.09. The monoisotopic (exact) mass is 342 g/mol. The van der Waals surface area contributed by atoms with E-state index in [1.807, 2.05) is 33.8 Å². The highest BCUT2D eigenvalue weighted by Crippen LogP contribution is 2.21. The average Bonchev–Trinajstić information content (AvgIpc) is 3.06. The fourth-order valence-corrected chi connectivity index (χ4v) is 2.83. The highest BCUT2D eigenvalue weighted by molar-refractivity contribution is 5.90. The van der Waals surface area contributed by atoms with Gasteiger partial charge in [0.05, 0.1) is 22.8 Å². The summed E-state index contributed by atoms with van der Waals surface area (Å²) in [6.45, 7) is 8.03.